The molecule has 0 aliphatic carbocycles. The minimum atomic E-state index is -0.307. The zero-order valence-corrected chi connectivity index (χ0v) is 10.4. The van der Waals surface area contributed by atoms with Crippen LogP contribution in [0.3, 0.4) is 0 Å². The number of rotatable bonds is 4. The molecule has 2 nitrogen and oxygen atoms in total. The molecule has 0 radical (unpaired) electrons. The average molecular weight is 216 g/mol. The molecule has 1 fully saturated rings. The number of nitrogens with zero attached hydrogens (tertiary/aromatic N) is 2. The van der Waals surface area contributed by atoms with E-state index in [-0.39, 0.29) is 5.41 Å². The molecule has 1 saturated heterocycles. The second-order valence-corrected chi connectivity index (χ2v) is 4.53. The molecular formula is C14H20N2. The largest absolute Gasteiger partial charge is 0.297 e. The summed E-state index contributed by atoms with van der Waals surface area (Å²) >= 11 is 0. The van der Waals surface area contributed by atoms with Gasteiger partial charge in [0.25, 0.3) is 0 Å². The van der Waals surface area contributed by atoms with Crippen LogP contribution in [0.4, 0.5) is 0 Å². The van der Waals surface area contributed by atoms with Gasteiger partial charge >= 0.3 is 0 Å². The first-order valence-electron chi connectivity index (χ1n) is 5.71. The lowest BCUT2D eigenvalue weighted by Crippen LogP contribution is -2.58. The molecule has 0 bridgehead atoms. The van der Waals surface area contributed by atoms with E-state index in [2.05, 4.69) is 31.4 Å². The van der Waals surface area contributed by atoms with Crippen LogP contribution >= 0.6 is 0 Å². The van der Waals surface area contributed by atoms with E-state index >= 15 is 0 Å². The second-order valence-electron chi connectivity index (χ2n) is 4.53. The molecule has 0 amide bonds. The van der Waals surface area contributed by atoms with Crippen molar-refractivity contribution in [1.82, 2.24) is 4.90 Å². The molecule has 0 unspecified atom stereocenters. The van der Waals surface area contributed by atoms with Crippen LogP contribution in [0.2, 0.25) is 0 Å². The van der Waals surface area contributed by atoms with Crippen LogP contribution in [-0.2, 0) is 0 Å². The lowest BCUT2D eigenvalue weighted by molar-refractivity contribution is 0.0456. The molecule has 1 aliphatic rings. The molecule has 0 aromatic heterocycles. The third-order valence-corrected chi connectivity index (χ3v) is 3.17. The van der Waals surface area contributed by atoms with Crippen LogP contribution in [0, 0.1) is 16.7 Å². The van der Waals surface area contributed by atoms with Crippen molar-refractivity contribution < 1.29 is 0 Å². The Kier molecular flexibility index (Phi) is 4.09. The second kappa shape index (κ2) is 5.14. The number of hydrogen-bond acceptors (Lipinski definition) is 2. The lowest BCUT2D eigenvalue weighted by Gasteiger charge is -2.48. The first-order chi connectivity index (χ1) is 7.59. The highest BCUT2D eigenvalue weighted by molar-refractivity contribution is 5.38. The summed E-state index contributed by atoms with van der Waals surface area (Å²) in [5, 5.41) is 9.36. The maximum atomic E-state index is 9.36. The maximum absolute atomic E-state index is 9.36. The highest BCUT2D eigenvalue weighted by atomic mass is 15.2. The van der Waals surface area contributed by atoms with Crippen LogP contribution in [0.25, 0.3) is 0 Å². The van der Waals surface area contributed by atoms with Gasteiger partial charge in [0.2, 0.25) is 0 Å². The van der Waals surface area contributed by atoms with Gasteiger partial charge < -0.3 is 0 Å². The minimum absolute atomic E-state index is 0.307. The van der Waals surface area contributed by atoms with Gasteiger partial charge in [0, 0.05) is 19.1 Å². The normalized spacial score (nSPS) is 20.8. The molecule has 2 heteroatoms. The monoisotopic (exact) mass is 216 g/mol. The Morgan fingerprint density at radius 2 is 2.12 bits per heavy atom. The Balaban J connectivity index is 2.81. The molecule has 1 aliphatic heterocycles. The fourth-order valence-electron chi connectivity index (χ4n) is 2.03. The highest BCUT2D eigenvalue weighted by Gasteiger charge is 2.45. The first-order valence-corrected chi connectivity index (χ1v) is 5.71. The number of allylic oxidation sites excluding steroid dienone is 4. The van der Waals surface area contributed by atoms with Crippen molar-refractivity contribution in [1.29, 1.82) is 5.26 Å². The Morgan fingerprint density at radius 3 is 2.50 bits per heavy atom. The average Bonchev–Trinajstić information content (AvgIpc) is 2.21. The Hall–Kier alpha value is -1.33. The molecule has 16 heavy (non-hydrogen) atoms. The molecule has 0 N–H and O–H groups in total. The van der Waals surface area contributed by atoms with E-state index in [1.54, 1.807) is 6.08 Å². The molecule has 0 aromatic rings. The van der Waals surface area contributed by atoms with Crippen LogP contribution < -0.4 is 0 Å². The van der Waals surface area contributed by atoms with Crippen molar-refractivity contribution >= 4 is 0 Å². The van der Waals surface area contributed by atoms with E-state index in [0.29, 0.717) is 6.04 Å². The molecule has 1 rings (SSSR count). The number of nitriles is 1. The Labute approximate surface area is 98.6 Å². The molecule has 1 heterocycles. The Bertz CT molecular complexity index is 349. The molecule has 0 aromatic carbocycles. The fraction of sp³-hybridized carbons (Fsp3) is 0.500. The van der Waals surface area contributed by atoms with E-state index in [1.807, 2.05) is 25.2 Å². The molecule has 0 atom stereocenters. The van der Waals surface area contributed by atoms with Crippen molar-refractivity contribution in [3.63, 3.8) is 0 Å². The molecular weight excluding hydrogens is 196 g/mol. The summed E-state index contributed by atoms with van der Waals surface area (Å²) in [6.07, 6.45) is 7.66. The summed E-state index contributed by atoms with van der Waals surface area (Å²) in [6, 6.07) is 2.98. The van der Waals surface area contributed by atoms with Gasteiger partial charge in [-0.3, -0.25) is 4.90 Å². The van der Waals surface area contributed by atoms with Crippen molar-refractivity contribution in [3.05, 3.63) is 36.5 Å². The van der Waals surface area contributed by atoms with E-state index in [1.165, 1.54) is 0 Å². The SMILES string of the molecule is C=C/C=C\C(=C/C)C1(C#N)CN(C(C)C)C1. The smallest absolute Gasteiger partial charge is 0.107 e. The third kappa shape index (κ3) is 2.25. The Morgan fingerprint density at radius 1 is 1.50 bits per heavy atom. The van der Waals surface area contributed by atoms with Crippen LogP contribution in [0.1, 0.15) is 20.8 Å². The predicted octanol–water partition coefficient (Wildman–Crippen LogP) is 2.91. The van der Waals surface area contributed by atoms with Gasteiger partial charge in [0.1, 0.15) is 5.41 Å². The van der Waals surface area contributed by atoms with Crippen LogP contribution in [0.15, 0.2) is 36.5 Å². The minimum Gasteiger partial charge on any atom is -0.297 e. The quantitative estimate of drug-likeness (QED) is 0.676. The topological polar surface area (TPSA) is 27.0 Å². The van der Waals surface area contributed by atoms with Gasteiger partial charge in [0.15, 0.2) is 0 Å². The van der Waals surface area contributed by atoms with Crippen molar-refractivity contribution in [2.24, 2.45) is 5.41 Å². The van der Waals surface area contributed by atoms with Gasteiger partial charge in [-0.2, -0.15) is 5.26 Å². The van der Waals surface area contributed by atoms with Gasteiger partial charge in [-0.25, -0.2) is 0 Å². The van der Waals surface area contributed by atoms with E-state index in [0.717, 1.165) is 18.7 Å². The summed E-state index contributed by atoms with van der Waals surface area (Å²) in [5.41, 5.74) is 0.797. The number of likely N-dealkylation sites (tertiary alicyclic amines) is 1. The van der Waals surface area contributed by atoms with Crippen molar-refractivity contribution in [2.45, 2.75) is 26.8 Å². The number of hydrogen-bond donors (Lipinski definition) is 0. The van der Waals surface area contributed by atoms with Gasteiger partial charge in [0.05, 0.1) is 6.07 Å². The van der Waals surface area contributed by atoms with Gasteiger partial charge in [-0.05, 0) is 26.3 Å². The third-order valence-electron chi connectivity index (χ3n) is 3.17. The van der Waals surface area contributed by atoms with Crippen LogP contribution in [0.5, 0.6) is 0 Å². The van der Waals surface area contributed by atoms with Gasteiger partial charge in [-0.1, -0.05) is 30.9 Å². The molecule has 86 valence electrons. The summed E-state index contributed by atoms with van der Waals surface area (Å²) in [7, 11) is 0. The summed E-state index contributed by atoms with van der Waals surface area (Å²) < 4.78 is 0. The highest BCUT2D eigenvalue weighted by Crippen LogP contribution is 2.38. The van der Waals surface area contributed by atoms with Crippen molar-refractivity contribution in [2.75, 3.05) is 13.1 Å². The first kappa shape index (κ1) is 12.7. The molecule has 0 saturated carbocycles. The summed E-state index contributed by atoms with van der Waals surface area (Å²) in [4.78, 5) is 2.31. The summed E-state index contributed by atoms with van der Waals surface area (Å²) in [6.45, 7) is 11.6. The zero-order valence-electron chi connectivity index (χ0n) is 10.4. The molecule has 0 spiro atoms. The van der Waals surface area contributed by atoms with Crippen molar-refractivity contribution in [3.8, 4) is 6.07 Å². The fourth-order valence-corrected chi connectivity index (χ4v) is 2.03. The van der Waals surface area contributed by atoms with E-state index in [4.69, 9.17) is 0 Å². The lowest BCUT2D eigenvalue weighted by atomic mass is 9.73. The predicted molar refractivity (Wildman–Crippen MR) is 67.8 cm³/mol. The van der Waals surface area contributed by atoms with Crippen LogP contribution in [-0.4, -0.2) is 24.0 Å². The van der Waals surface area contributed by atoms with Gasteiger partial charge in [-0.15, -0.1) is 0 Å². The van der Waals surface area contributed by atoms with E-state index < -0.39 is 0 Å². The maximum Gasteiger partial charge on any atom is 0.107 e. The zero-order chi connectivity index (χ0) is 12.2. The van der Waals surface area contributed by atoms with E-state index in [9.17, 15) is 5.26 Å². The standard InChI is InChI=1S/C14H20N2/c1-5-7-8-13(6-2)14(9-15)10-16(11-14)12(3)4/h5-8,12H,1,10-11H2,2-4H3/b8-7-,13-6+. The summed E-state index contributed by atoms with van der Waals surface area (Å²) in [5.74, 6) is 0.